The van der Waals surface area contributed by atoms with Crippen LogP contribution in [0.5, 0.6) is 0 Å². The molecule has 0 aliphatic heterocycles. The lowest BCUT2D eigenvalue weighted by Gasteiger charge is -2.17. The molecule has 1 saturated carbocycles. The van der Waals surface area contributed by atoms with E-state index in [1.165, 1.54) is 7.11 Å². The molecule has 0 spiro atoms. The zero-order valence-electron chi connectivity index (χ0n) is 15.8. The molecular formula is C23H20ClNO3S. The van der Waals surface area contributed by atoms with Gasteiger partial charge in [0.15, 0.2) is 0 Å². The second-order valence-corrected chi connectivity index (χ2v) is 8.68. The highest BCUT2D eigenvalue weighted by molar-refractivity contribution is 7.83. The molecule has 0 saturated heterocycles. The van der Waals surface area contributed by atoms with E-state index in [4.69, 9.17) is 16.3 Å². The molecule has 0 heterocycles. The third-order valence-corrected chi connectivity index (χ3v) is 6.74. The summed E-state index contributed by atoms with van der Waals surface area (Å²) in [6, 6.07) is 24.7. The fourth-order valence-corrected chi connectivity index (χ4v) is 4.82. The molecule has 0 aromatic heterocycles. The van der Waals surface area contributed by atoms with Crippen molar-refractivity contribution in [1.82, 2.24) is 4.72 Å². The Hall–Kier alpha value is -2.47. The van der Waals surface area contributed by atoms with Crippen LogP contribution in [0.15, 0.2) is 83.8 Å². The van der Waals surface area contributed by atoms with Crippen LogP contribution >= 0.6 is 11.6 Å². The monoisotopic (exact) mass is 425 g/mol. The van der Waals surface area contributed by atoms with Gasteiger partial charge in [0.1, 0.15) is 16.5 Å². The van der Waals surface area contributed by atoms with E-state index in [9.17, 15) is 9.00 Å². The van der Waals surface area contributed by atoms with Crippen molar-refractivity contribution in [1.29, 1.82) is 0 Å². The van der Waals surface area contributed by atoms with Gasteiger partial charge in [-0.3, -0.25) is 4.79 Å². The maximum atomic E-state index is 13.0. The highest BCUT2D eigenvalue weighted by atomic mass is 35.5. The van der Waals surface area contributed by atoms with Gasteiger partial charge in [-0.25, -0.2) is 8.93 Å². The quantitative estimate of drug-likeness (QED) is 0.581. The minimum Gasteiger partial charge on any atom is -0.468 e. The average Bonchev–Trinajstić information content (AvgIpc) is 3.49. The maximum absolute atomic E-state index is 13.0. The summed E-state index contributed by atoms with van der Waals surface area (Å²) in [7, 11) is -0.190. The van der Waals surface area contributed by atoms with Crippen LogP contribution in [0.3, 0.4) is 0 Å². The second kappa shape index (κ2) is 8.11. The first-order chi connectivity index (χ1) is 14.0. The summed E-state index contributed by atoms with van der Waals surface area (Å²) in [6.07, 6.45) is 0.554. The third kappa shape index (κ3) is 3.99. The van der Waals surface area contributed by atoms with E-state index >= 15 is 0 Å². The van der Waals surface area contributed by atoms with Crippen LogP contribution in [-0.4, -0.2) is 22.8 Å². The Morgan fingerprint density at radius 3 is 2.17 bits per heavy atom. The average molecular weight is 426 g/mol. The number of rotatable bonds is 6. The van der Waals surface area contributed by atoms with Crippen LogP contribution in [0.25, 0.3) is 11.1 Å². The van der Waals surface area contributed by atoms with Crippen molar-refractivity contribution in [2.75, 3.05) is 7.11 Å². The molecule has 148 valence electrons. The summed E-state index contributed by atoms with van der Waals surface area (Å²) in [5.74, 6) is -0.453. The first-order valence-electron chi connectivity index (χ1n) is 9.22. The van der Waals surface area contributed by atoms with E-state index in [-0.39, 0.29) is 5.92 Å². The number of benzene rings is 3. The van der Waals surface area contributed by atoms with E-state index < -0.39 is 22.5 Å². The Morgan fingerprint density at radius 2 is 1.59 bits per heavy atom. The van der Waals surface area contributed by atoms with E-state index in [2.05, 4.69) is 4.72 Å². The fourth-order valence-electron chi connectivity index (χ4n) is 3.55. The molecule has 29 heavy (non-hydrogen) atoms. The standard InChI is InChI=1S/C23H20ClNO3S/c1-28-22(26)23(15-21(23)18-5-3-2-4-6-18)25-29(27)20-13-9-17(10-14-20)16-7-11-19(24)12-8-16/h2-14,21,25H,15H2,1H3. The summed E-state index contributed by atoms with van der Waals surface area (Å²) in [6.45, 7) is 0. The van der Waals surface area contributed by atoms with Crippen LogP contribution in [0.2, 0.25) is 5.02 Å². The number of ether oxygens (including phenoxy) is 1. The van der Waals surface area contributed by atoms with Crippen molar-refractivity contribution in [2.24, 2.45) is 0 Å². The van der Waals surface area contributed by atoms with Crippen molar-refractivity contribution in [3.05, 3.63) is 89.4 Å². The van der Waals surface area contributed by atoms with Crippen molar-refractivity contribution in [2.45, 2.75) is 22.8 Å². The summed E-state index contributed by atoms with van der Waals surface area (Å²) in [5, 5.41) is 0.682. The Bertz CT molecular complexity index is 1040. The minimum atomic E-state index is -1.55. The first kappa shape index (κ1) is 19.8. The zero-order chi connectivity index (χ0) is 20.4. The lowest BCUT2D eigenvalue weighted by molar-refractivity contribution is -0.143. The highest BCUT2D eigenvalue weighted by Gasteiger charge is 2.62. The number of halogens is 1. The molecule has 1 N–H and O–H groups in total. The van der Waals surface area contributed by atoms with Crippen molar-refractivity contribution >= 4 is 28.6 Å². The maximum Gasteiger partial charge on any atom is 0.327 e. The van der Waals surface area contributed by atoms with E-state index in [0.29, 0.717) is 16.3 Å². The molecule has 3 aromatic rings. The van der Waals surface area contributed by atoms with Crippen LogP contribution in [-0.2, 0) is 20.5 Å². The molecule has 4 nitrogen and oxygen atoms in total. The number of carbonyl (C=O) groups excluding carboxylic acids is 1. The molecule has 1 aliphatic carbocycles. The van der Waals surface area contributed by atoms with Gasteiger partial charge in [-0.2, -0.15) is 0 Å². The van der Waals surface area contributed by atoms with E-state index in [1.54, 1.807) is 12.1 Å². The van der Waals surface area contributed by atoms with Gasteiger partial charge in [0.05, 0.1) is 12.0 Å². The molecular weight excluding hydrogens is 406 g/mol. The number of nitrogens with one attached hydrogen (secondary N) is 1. The van der Waals surface area contributed by atoms with Crippen molar-refractivity contribution in [3.63, 3.8) is 0 Å². The molecule has 3 atom stereocenters. The SMILES string of the molecule is COC(=O)C1(NS(=O)c2ccc(-c3ccc(Cl)cc3)cc2)CC1c1ccccc1. The molecule has 3 unspecified atom stereocenters. The van der Waals surface area contributed by atoms with Gasteiger partial charge < -0.3 is 4.74 Å². The minimum absolute atomic E-state index is 0.0616. The molecule has 0 amide bonds. The Balaban J connectivity index is 1.53. The molecule has 1 fully saturated rings. The number of hydrogen-bond donors (Lipinski definition) is 1. The Kier molecular flexibility index (Phi) is 5.54. The van der Waals surface area contributed by atoms with Gasteiger partial charge in [-0.05, 0) is 47.4 Å². The predicted octanol–water partition coefficient (Wildman–Crippen LogP) is 4.72. The molecule has 6 heteroatoms. The highest BCUT2D eigenvalue weighted by Crippen LogP contribution is 2.52. The van der Waals surface area contributed by atoms with Crippen LogP contribution in [0.4, 0.5) is 0 Å². The smallest absolute Gasteiger partial charge is 0.327 e. The summed E-state index contributed by atoms with van der Waals surface area (Å²) < 4.78 is 21.0. The Morgan fingerprint density at radius 1 is 1.00 bits per heavy atom. The summed E-state index contributed by atoms with van der Waals surface area (Å²) in [5.41, 5.74) is 2.09. The normalized spacial score (nSPS) is 21.4. The largest absolute Gasteiger partial charge is 0.468 e. The second-order valence-electron chi connectivity index (χ2n) is 7.03. The van der Waals surface area contributed by atoms with Gasteiger partial charge in [-0.15, -0.1) is 0 Å². The lowest BCUT2D eigenvalue weighted by atomic mass is 10.1. The Labute approximate surface area is 177 Å². The number of methoxy groups -OCH3 is 1. The molecule has 0 bridgehead atoms. The molecule has 3 aromatic carbocycles. The van der Waals surface area contributed by atoms with Crippen LogP contribution < -0.4 is 4.72 Å². The van der Waals surface area contributed by atoms with Gasteiger partial charge in [0.25, 0.3) is 0 Å². The van der Waals surface area contributed by atoms with Gasteiger partial charge in [0, 0.05) is 10.9 Å². The molecule has 0 radical (unpaired) electrons. The van der Waals surface area contributed by atoms with Crippen molar-refractivity contribution < 1.29 is 13.7 Å². The molecule has 4 rings (SSSR count). The number of esters is 1. The number of hydrogen-bond acceptors (Lipinski definition) is 3. The van der Waals surface area contributed by atoms with Crippen LogP contribution in [0, 0.1) is 0 Å². The predicted molar refractivity (Wildman–Crippen MR) is 115 cm³/mol. The van der Waals surface area contributed by atoms with Crippen LogP contribution in [0.1, 0.15) is 17.9 Å². The van der Waals surface area contributed by atoms with E-state index in [0.717, 1.165) is 16.7 Å². The summed E-state index contributed by atoms with van der Waals surface area (Å²) in [4.78, 5) is 13.1. The summed E-state index contributed by atoms with van der Waals surface area (Å²) >= 11 is 5.94. The number of carbonyl (C=O) groups is 1. The van der Waals surface area contributed by atoms with Gasteiger partial charge in [-0.1, -0.05) is 66.2 Å². The van der Waals surface area contributed by atoms with Crippen molar-refractivity contribution in [3.8, 4) is 11.1 Å². The first-order valence-corrected chi connectivity index (χ1v) is 10.8. The zero-order valence-corrected chi connectivity index (χ0v) is 17.4. The molecule has 1 aliphatic rings. The topological polar surface area (TPSA) is 55.4 Å². The van der Waals surface area contributed by atoms with Gasteiger partial charge in [0.2, 0.25) is 0 Å². The van der Waals surface area contributed by atoms with Gasteiger partial charge >= 0.3 is 5.97 Å². The van der Waals surface area contributed by atoms with E-state index in [1.807, 2.05) is 66.7 Å². The third-order valence-electron chi connectivity index (χ3n) is 5.23. The fraction of sp³-hybridized carbons (Fsp3) is 0.174. The lowest BCUT2D eigenvalue weighted by Crippen LogP contribution is -2.42.